The molecule has 0 saturated carbocycles. The third-order valence-electron chi connectivity index (χ3n) is 4.95. The van der Waals surface area contributed by atoms with E-state index in [0.29, 0.717) is 25.3 Å². The van der Waals surface area contributed by atoms with Crippen LogP contribution in [0.25, 0.3) is 0 Å². The Bertz CT molecular complexity index is 870. The molecule has 1 amide bonds. The Morgan fingerprint density at radius 1 is 0.968 bits per heavy atom. The predicted octanol–water partition coefficient (Wildman–Crippen LogP) is 3.22. The predicted molar refractivity (Wildman–Crippen MR) is 120 cm³/mol. The number of hydrogen-bond donors (Lipinski definition) is 1. The average molecular weight is 426 g/mol. The van der Waals surface area contributed by atoms with Gasteiger partial charge in [-0.15, -0.1) is 0 Å². The molecule has 0 unspecified atom stereocenters. The van der Waals surface area contributed by atoms with Gasteiger partial charge < -0.3 is 25.0 Å². The number of carbonyl (C=O) groups is 2. The SMILES string of the molecule is CC(C)(C)OC(=O)[C@@H](N)Cc1ccc(OC(=O)N2CCN(c3ccccc3)CC2)cc1. The zero-order chi connectivity index (χ0) is 22.4. The first-order chi connectivity index (χ1) is 14.7. The van der Waals surface area contributed by atoms with Crippen LogP contribution in [0.15, 0.2) is 54.6 Å². The Morgan fingerprint density at radius 3 is 2.16 bits per heavy atom. The molecular formula is C24H31N3O4. The van der Waals surface area contributed by atoms with Crippen LogP contribution in [0, 0.1) is 0 Å². The Balaban J connectivity index is 1.47. The number of esters is 1. The molecule has 1 saturated heterocycles. The Morgan fingerprint density at radius 2 is 1.58 bits per heavy atom. The first-order valence-electron chi connectivity index (χ1n) is 10.6. The first-order valence-corrected chi connectivity index (χ1v) is 10.6. The highest BCUT2D eigenvalue weighted by atomic mass is 16.6. The maximum Gasteiger partial charge on any atom is 0.415 e. The molecule has 1 aliphatic rings. The van der Waals surface area contributed by atoms with Crippen molar-refractivity contribution in [2.45, 2.75) is 38.8 Å². The lowest BCUT2D eigenvalue weighted by Crippen LogP contribution is -2.49. The molecule has 1 aliphatic heterocycles. The van der Waals surface area contributed by atoms with Gasteiger partial charge in [0.15, 0.2) is 0 Å². The summed E-state index contributed by atoms with van der Waals surface area (Å²) >= 11 is 0. The van der Waals surface area contributed by atoms with Gasteiger partial charge in [-0.05, 0) is 57.0 Å². The van der Waals surface area contributed by atoms with E-state index in [-0.39, 0.29) is 6.09 Å². The highest BCUT2D eigenvalue weighted by molar-refractivity contribution is 5.76. The van der Waals surface area contributed by atoms with Gasteiger partial charge in [-0.1, -0.05) is 30.3 Å². The number of para-hydroxylation sites is 1. The summed E-state index contributed by atoms with van der Waals surface area (Å²) in [5, 5.41) is 0. The van der Waals surface area contributed by atoms with Crippen molar-refractivity contribution in [3.63, 3.8) is 0 Å². The molecule has 3 rings (SSSR count). The van der Waals surface area contributed by atoms with E-state index in [4.69, 9.17) is 15.2 Å². The molecule has 1 heterocycles. The smallest absolute Gasteiger partial charge is 0.415 e. The molecule has 166 valence electrons. The van der Waals surface area contributed by atoms with E-state index in [1.54, 1.807) is 29.2 Å². The van der Waals surface area contributed by atoms with Gasteiger partial charge in [0.1, 0.15) is 17.4 Å². The summed E-state index contributed by atoms with van der Waals surface area (Å²) < 4.78 is 10.8. The lowest BCUT2D eigenvalue weighted by molar-refractivity contribution is -0.156. The second-order valence-electron chi connectivity index (χ2n) is 8.67. The maximum absolute atomic E-state index is 12.5. The van der Waals surface area contributed by atoms with Crippen LogP contribution in [0.3, 0.4) is 0 Å². The van der Waals surface area contributed by atoms with E-state index in [2.05, 4.69) is 17.0 Å². The van der Waals surface area contributed by atoms with Gasteiger partial charge >= 0.3 is 12.1 Å². The quantitative estimate of drug-likeness (QED) is 0.741. The van der Waals surface area contributed by atoms with Crippen LogP contribution < -0.4 is 15.4 Å². The molecule has 0 aliphatic carbocycles. The molecular weight excluding hydrogens is 394 g/mol. The van der Waals surface area contributed by atoms with Gasteiger partial charge in [-0.2, -0.15) is 0 Å². The van der Waals surface area contributed by atoms with Crippen molar-refractivity contribution in [1.82, 2.24) is 4.90 Å². The third-order valence-corrected chi connectivity index (χ3v) is 4.95. The minimum atomic E-state index is -0.742. The average Bonchev–Trinajstić information content (AvgIpc) is 2.74. The van der Waals surface area contributed by atoms with E-state index in [9.17, 15) is 9.59 Å². The van der Waals surface area contributed by atoms with Gasteiger partial charge in [0, 0.05) is 31.9 Å². The third kappa shape index (κ3) is 6.72. The maximum atomic E-state index is 12.5. The van der Waals surface area contributed by atoms with Gasteiger partial charge in [0.2, 0.25) is 0 Å². The Labute approximate surface area is 183 Å². The topological polar surface area (TPSA) is 85.1 Å². The van der Waals surface area contributed by atoms with Gasteiger partial charge in [-0.25, -0.2) is 4.79 Å². The number of amides is 1. The highest BCUT2D eigenvalue weighted by Crippen LogP contribution is 2.18. The number of hydrogen-bond acceptors (Lipinski definition) is 6. The number of nitrogens with zero attached hydrogens (tertiary/aromatic N) is 2. The van der Waals surface area contributed by atoms with Crippen molar-refractivity contribution < 1.29 is 19.1 Å². The van der Waals surface area contributed by atoms with Crippen LogP contribution in [0.1, 0.15) is 26.3 Å². The summed E-state index contributed by atoms with van der Waals surface area (Å²) in [7, 11) is 0. The fourth-order valence-corrected chi connectivity index (χ4v) is 3.36. The lowest BCUT2D eigenvalue weighted by atomic mass is 10.1. The largest absolute Gasteiger partial charge is 0.459 e. The molecule has 7 nitrogen and oxygen atoms in total. The fourth-order valence-electron chi connectivity index (χ4n) is 3.36. The van der Waals surface area contributed by atoms with Gasteiger partial charge in [0.25, 0.3) is 0 Å². The van der Waals surface area contributed by atoms with Crippen LogP contribution in [-0.2, 0) is 16.0 Å². The monoisotopic (exact) mass is 425 g/mol. The number of anilines is 1. The number of nitrogens with two attached hydrogens (primary N) is 1. The summed E-state index contributed by atoms with van der Waals surface area (Å²) in [5.41, 5.74) is 7.42. The molecule has 7 heteroatoms. The molecule has 0 bridgehead atoms. The molecule has 0 radical (unpaired) electrons. The zero-order valence-electron chi connectivity index (χ0n) is 18.4. The van der Waals surface area contributed by atoms with Crippen molar-refractivity contribution in [1.29, 1.82) is 0 Å². The minimum Gasteiger partial charge on any atom is -0.459 e. The Kier molecular flexibility index (Phi) is 7.17. The zero-order valence-corrected chi connectivity index (χ0v) is 18.4. The highest BCUT2D eigenvalue weighted by Gasteiger charge is 2.24. The van der Waals surface area contributed by atoms with Gasteiger partial charge in [-0.3, -0.25) is 4.79 Å². The van der Waals surface area contributed by atoms with E-state index in [1.165, 1.54) is 0 Å². The van der Waals surface area contributed by atoms with Crippen LogP contribution >= 0.6 is 0 Å². The first kappa shape index (κ1) is 22.6. The van der Waals surface area contributed by atoms with E-state index in [1.807, 2.05) is 39.0 Å². The van der Waals surface area contributed by atoms with Crippen molar-refractivity contribution in [2.24, 2.45) is 5.73 Å². The fraction of sp³-hybridized carbons (Fsp3) is 0.417. The molecule has 2 aromatic carbocycles. The van der Waals surface area contributed by atoms with Crippen LogP contribution in [0.4, 0.5) is 10.5 Å². The summed E-state index contributed by atoms with van der Waals surface area (Å²) in [4.78, 5) is 28.5. The molecule has 2 N–H and O–H groups in total. The molecule has 0 aromatic heterocycles. The van der Waals surface area contributed by atoms with Crippen molar-refractivity contribution in [3.8, 4) is 5.75 Å². The van der Waals surface area contributed by atoms with Crippen molar-refractivity contribution >= 4 is 17.7 Å². The van der Waals surface area contributed by atoms with Gasteiger partial charge in [0.05, 0.1) is 0 Å². The lowest BCUT2D eigenvalue weighted by Gasteiger charge is -2.35. The summed E-state index contributed by atoms with van der Waals surface area (Å²) in [6, 6.07) is 16.5. The standard InChI is InChI=1S/C24H31N3O4/c1-24(2,3)31-22(28)21(25)17-18-9-11-20(12-10-18)30-23(29)27-15-13-26(14-16-27)19-7-5-4-6-8-19/h4-12,21H,13-17,25H2,1-3H3/t21-/m0/s1. The summed E-state index contributed by atoms with van der Waals surface area (Å²) in [6.07, 6.45) is -0.00386. The molecule has 2 aromatic rings. The van der Waals surface area contributed by atoms with E-state index in [0.717, 1.165) is 24.3 Å². The second-order valence-corrected chi connectivity index (χ2v) is 8.67. The number of piperazine rings is 1. The molecule has 31 heavy (non-hydrogen) atoms. The Hall–Kier alpha value is -3.06. The van der Waals surface area contributed by atoms with E-state index >= 15 is 0 Å². The normalized spacial score (nSPS) is 15.4. The molecule has 1 fully saturated rings. The van der Waals surface area contributed by atoms with Crippen molar-refractivity contribution in [3.05, 3.63) is 60.2 Å². The number of ether oxygens (including phenoxy) is 2. The summed E-state index contributed by atoms with van der Waals surface area (Å²) in [6.45, 7) is 8.17. The summed E-state index contributed by atoms with van der Waals surface area (Å²) in [5.74, 6) is 0.0303. The number of rotatable bonds is 5. The van der Waals surface area contributed by atoms with Crippen LogP contribution in [0.2, 0.25) is 0 Å². The van der Waals surface area contributed by atoms with E-state index < -0.39 is 17.6 Å². The second kappa shape index (κ2) is 9.83. The van der Waals surface area contributed by atoms with Crippen LogP contribution in [-0.4, -0.2) is 54.8 Å². The molecule has 1 atom stereocenters. The number of carbonyl (C=O) groups excluding carboxylic acids is 2. The van der Waals surface area contributed by atoms with Crippen LogP contribution in [0.5, 0.6) is 5.75 Å². The van der Waals surface area contributed by atoms with Crippen molar-refractivity contribution in [2.75, 3.05) is 31.1 Å². The molecule has 0 spiro atoms. The number of benzene rings is 2. The minimum absolute atomic E-state index is 0.352.